The molecule has 0 aliphatic heterocycles. The number of nitrogens with zero attached hydrogens (tertiary/aromatic N) is 3. The molecular formula is C16H12F3N3. The molecular weight excluding hydrogens is 291 g/mol. The summed E-state index contributed by atoms with van der Waals surface area (Å²) in [4.78, 5) is 3.93. The molecule has 6 heteroatoms. The summed E-state index contributed by atoms with van der Waals surface area (Å²) in [6, 6.07) is 12.7. The van der Waals surface area contributed by atoms with Crippen LogP contribution >= 0.6 is 0 Å². The van der Waals surface area contributed by atoms with Gasteiger partial charge in [-0.3, -0.25) is 9.67 Å². The lowest BCUT2D eigenvalue weighted by molar-refractivity contribution is -0.142. The summed E-state index contributed by atoms with van der Waals surface area (Å²) in [6.07, 6.45) is 0.317. The molecule has 0 unspecified atom stereocenters. The van der Waals surface area contributed by atoms with Crippen molar-refractivity contribution in [3.63, 3.8) is 0 Å². The molecule has 0 aliphatic rings. The Morgan fingerprint density at radius 1 is 0.909 bits per heavy atom. The van der Waals surface area contributed by atoms with Crippen LogP contribution in [0.5, 0.6) is 0 Å². The van der Waals surface area contributed by atoms with Crippen LogP contribution in [0.3, 0.4) is 0 Å². The number of alkyl halides is 3. The molecule has 22 heavy (non-hydrogen) atoms. The number of aromatic nitrogens is 3. The molecule has 2 aromatic heterocycles. The van der Waals surface area contributed by atoms with E-state index in [1.807, 2.05) is 30.3 Å². The highest BCUT2D eigenvalue weighted by Crippen LogP contribution is 2.31. The zero-order chi connectivity index (χ0) is 15.6. The fourth-order valence-electron chi connectivity index (χ4n) is 2.24. The number of benzene rings is 1. The Morgan fingerprint density at radius 3 is 2.23 bits per heavy atom. The first kappa shape index (κ1) is 14.3. The van der Waals surface area contributed by atoms with E-state index in [4.69, 9.17) is 0 Å². The van der Waals surface area contributed by atoms with Crippen LogP contribution in [0.25, 0.3) is 22.4 Å². The van der Waals surface area contributed by atoms with Crippen LogP contribution < -0.4 is 0 Å². The number of hydrogen-bond donors (Lipinski definition) is 0. The van der Waals surface area contributed by atoms with Gasteiger partial charge in [-0.1, -0.05) is 30.3 Å². The Morgan fingerprint density at radius 2 is 1.59 bits per heavy atom. The van der Waals surface area contributed by atoms with Crippen LogP contribution in [0, 0.1) is 0 Å². The van der Waals surface area contributed by atoms with Crippen LogP contribution in [-0.2, 0) is 6.54 Å². The molecule has 0 atom stereocenters. The van der Waals surface area contributed by atoms with Gasteiger partial charge in [-0.2, -0.15) is 18.3 Å². The highest BCUT2D eigenvalue weighted by molar-refractivity contribution is 5.80. The second-order valence-corrected chi connectivity index (χ2v) is 4.81. The van der Waals surface area contributed by atoms with Gasteiger partial charge in [0.25, 0.3) is 0 Å². The Hall–Kier alpha value is -2.63. The molecule has 3 rings (SSSR count). The van der Waals surface area contributed by atoms with E-state index in [1.54, 1.807) is 24.5 Å². The van der Waals surface area contributed by atoms with E-state index >= 15 is 0 Å². The quantitative estimate of drug-likeness (QED) is 0.727. The molecule has 0 spiro atoms. The van der Waals surface area contributed by atoms with Crippen LogP contribution in [0.1, 0.15) is 0 Å². The molecule has 1 aromatic carbocycles. The Balaban J connectivity index is 2.11. The summed E-state index contributed by atoms with van der Waals surface area (Å²) >= 11 is 0. The van der Waals surface area contributed by atoms with Gasteiger partial charge in [0, 0.05) is 29.7 Å². The highest BCUT2D eigenvalue weighted by atomic mass is 19.4. The maximum absolute atomic E-state index is 12.6. The average molecular weight is 303 g/mol. The smallest absolute Gasteiger partial charge is 0.265 e. The van der Waals surface area contributed by atoms with Gasteiger partial charge >= 0.3 is 6.18 Å². The largest absolute Gasteiger partial charge is 0.408 e. The Bertz CT molecular complexity index is 692. The third-order valence-corrected chi connectivity index (χ3v) is 3.14. The van der Waals surface area contributed by atoms with Gasteiger partial charge in [0.05, 0.1) is 0 Å². The lowest BCUT2D eigenvalue weighted by Crippen LogP contribution is -2.17. The van der Waals surface area contributed by atoms with E-state index in [0.29, 0.717) is 11.3 Å². The van der Waals surface area contributed by atoms with Gasteiger partial charge < -0.3 is 0 Å². The van der Waals surface area contributed by atoms with Crippen LogP contribution in [0.4, 0.5) is 13.2 Å². The SMILES string of the molecule is FC(F)(F)Cn1cc(-c2ccncc2)c(-c2ccccc2)n1. The van der Waals surface area contributed by atoms with E-state index in [2.05, 4.69) is 10.1 Å². The first-order valence-electron chi connectivity index (χ1n) is 6.63. The molecule has 3 nitrogen and oxygen atoms in total. The van der Waals surface area contributed by atoms with Crippen molar-refractivity contribution in [3.05, 3.63) is 61.1 Å². The maximum Gasteiger partial charge on any atom is 0.408 e. The fraction of sp³-hybridized carbons (Fsp3) is 0.125. The molecule has 0 N–H and O–H groups in total. The van der Waals surface area contributed by atoms with Crippen molar-refractivity contribution in [2.24, 2.45) is 0 Å². The van der Waals surface area contributed by atoms with Gasteiger partial charge in [-0.15, -0.1) is 0 Å². The number of hydrogen-bond acceptors (Lipinski definition) is 2. The molecule has 2 heterocycles. The minimum atomic E-state index is -4.31. The molecule has 0 saturated heterocycles. The van der Waals surface area contributed by atoms with Crippen LogP contribution in [0.15, 0.2) is 61.1 Å². The average Bonchev–Trinajstić information content (AvgIpc) is 2.91. The van der Waals surface area contributed by atoms with Gasteiger partial charge in [-0.25, -0.2) is 0 Å². The summed E-state index contributed by atoms with van der Waals surface area (Å²) in [5.74, 6) is 0. The van der Waals surface area contributed by atoms with Crippen molar-refractivity contribution in [3.8, 4) is 22.4 Å². The normalized spacial score (nSPS) is 11.6. The van der Waals surface area contributed by atoms with E-state index in [1.165, 1.54) is 6.20 Å². The number of rotatable bonds is 3. The van der Waals surface area contributed by atoms with E-state index < -0.39 is 12.7 Å². The van der Waals surface area contributed by atoms with Crippen LogP contribution in [-0.4, -0.2) is 20.9 Å². The summed E-state index contributed by atoms with van der Waals surface area (Å²) in [5.41, 5.74) is 2.73. The zero-order valence-corrected chi connectivity index (χ0v) is 11.5. The molecule has 3 aromatic rings. The lowest BCUT2D eigenvalue weighted by atomic mass is 10.0. The van der Waals surface area contributed by atoms with Crippen molar-refractivity contribution in [1.29, 1.82) is 0 Å². The third-order valence-electron chi connectivity index (χ3n) is 3.14. The summed E-state index contributed by atoms with van der Waals surface area (Å²) < 4.78 is 38.8. The van der Waals surface area contributed by atoms with E-state index in [9.17, 15) is 13.2 Å². The second-order valence-electron chi connectivity index (χ2n) is 4.81. The Labute approximate surface area is 125 Å². The molecule has 0 saturated carbocycles. The highest BCUT2D eigenvalue weighted by Gasteiger charge is 2.29. The van der Waals surface area contributed by atoms with Gasteiger partial charge in [0.2, 0.25) is 0 Å². The maximum atomic E-state index is 12.6. The predicted molar refractivity (Wildman–Crippen MR) is 76.9 cm³/mol. The second kappa shape index (κ2) is 5.63. The zero-order valence-electron chi connectivity index (χ0n) is 11.5. The topological polar surface area (TPSA) is 30.7 Å². The first-order valence-corrected chi connectivity index (χ1v) is 6.63. The van der Waals surface area contributed by atoms with Gasteiger partial charge in [0.15, 0.2) is 0 Å². The summed E-state index contributed by atoms with van der Waals surface area (Å²) in [7, 11) is 0. The molecule has 0 fully saturated rings. The number of pyridine rings is 1. The molecule has 112 valence electrons. The minimum Gasteiger partial charge on any atom is -0.265 e. The van der Waals surface area contributed by atoms with Crippen molar-refractivity contribution < 1.29 is 13.2 Å². The van der Waals surface area contributed by atoms with Crippen molar-refractivity contribution in [1.82, 2.24) is 14.8 Å². The minimum absolute atomic E-state index is 0.524. The van der Waals surface area contributed by atoms with Crippen molar-refractivity contribution in [2.45, 2.75) is 12.7 Å². The lowest BCUT2D eigenvalue weighted by Gasteiger charge is -2.05. The fourth-order valence-corrected chi connectivity index (χ4v) is 2.24. The molecule has 0 aliphatic carbocycles. The first-order chi connectivity index (χ1) is 10.5. The van der Waals surface area contributed by atoms with Crippen molar-refractivity contribution in [2.75, 3.05) is 0 Å². The van der Waals surface area contributed by atoms with Gasteiger partial charge in [-0.05, 0) is 17.7 Å². The molecule has 0 amide bonds. The van der Waals surface area contributed by atoms with E-state index in [0.717, 1.165) is 15.8 Å². The summed E-state index contributed by atoms with van der Waals surface area (Å²) in [5, 5.41) is 4.12. The molecule has 0 radical (unpaired) electrons. The van der Waals surface area contributed by atoms with Crippen LogP contribution in [0.2, 0.25) is 0 Å². The van der Waals surface area contributed by atoms with Gasteiger partial charge in [0.1, 0.15) is 12.2 Å². The number of halogens is 3. The monoisotopic (exact) mass is 303 g/mol. The third kappa shape index (κ3) is 3.16. The molecule has 0 bridgehead atoms. The Kier molecular flexibility index (Phi) is 3.66. The van der Waals surface area contributed by atoms with E-state index in [-0.39, 0.29) is 0 Å². The standard InChI is InChI=1S/C16H12F3N3/c17-16(18,19)11-22-10-14(12-6-8-20-9-7-12)15(21-22)13-4-2-1-3-5-13/h1-10H,11H2. The predicted octanol–water partition coefficient (Wildman–Crippen LogP) is 4.17. The summed E-state index contributed by atoms with van der Waals surface area (Å²) in [6.45, 7) is -1.11. The van der Waals surface area contributed by atoms with Crippen molar-refractivity contribution >= 4 is 0 Å².